The first kappa shape index (κ1) is 26.3. The van der Waals surface area contributed by atoms with Gasteiger partial charge in [0.2, 0.25) is 0 Å². The highest BCUT2D eigenvalue weighted by molar-refractivity contribution is 7.29. The number of nitriles is 2. The van der Waals surface area contributed by atoms with Gasteiger partial charge >= 0.3 is 0 Å². The Balaban J connectivity index is 1.43. The lowest BCUT2D eigenvalue weighted by Crippen LogP contribution is -2.20. The third-order valence-corrected chi connectivity index (χ3v) is 11.4. The minimum absolute atomic E-state index is 0.152. The topological polar surface area (TPSA) is 56.3 Å². The van der Waals surface area contributed by atoms with Crippen LogP contribution in [0.25, 0.3) is 31.2 Å². The molecule has 0 radical (unpaired) electrons. The van der Waals surface area contributed by atoms with Crippen molar-refractivity contribution >= 4 is 44.2 Å². The van der Waals surface area contributed by atoms with E-state index in [1.807, 2.05) is 22.7 Å². The molecular weight excluding hydrogens is 529 g/mol. The quantitative estimate of drug-likeness (QED) is 0.273. The number of hydrogen-bond acceptors (Lipinski definition) is 4. The van der Waals surface area contributed by atoms with Gasteiger partial charge in [0.25, 0.3) is 11.4 Å². The molecule has 6 heteroatoms. The summed E-state index contributed by atoms with van der Waals surface area (Å²) in [5.41, 5.74) is 9.86. The monoisotopic (exact) mass is 556 g/mol. The molecule has 2 aromatic rings. The minimum atomic E-state index is -0.152. The summed E-state index contributed by atoms with van der Waals surface area (Å²) in [6.45, 7) is 24.1. The van der Waals surface area contributed by atoms with Gasteiger partial charge in [-0.25, -0.2) is 20.2 Å². The van der Waals surface area contributed by atoms with Crippen LogP contribution in [0.2, 0.25) is 0 Å². The first-order valence-electron chi connectivity index (χ1n) is 13.6. The van der Waals surface area contributed by atoms with E-state index >= 15 is 0 Å². The van der Waals surface area contributed by atoms with Crippen LogP contribution in [0.1, 0.15) is 87.1 Å². The molecule has 4 nitrogen and oxygen atoms in total. The summed E-state index contributed by atoms with van der Waals surface area (Å²) >= 11 is 3.79. The zero-order chi connectivity index (χ0) is 28.4. The maximum absolute atomic E-state index is 9.42. The van der Waals surface area contributed by atoms with Gasteiger partial charge in [-0.3, -0.25) is 0 Å². The molecule has 2 aromatic heterocycles. The van der Waals surface area contributed by atoms with Crippen molar-refractivity contribution in [3.63, 3.8) is 0 Å². The van der Waals surface area contributed by atoms with Crippen LogP contribution in [0, 0.1) is 35.8 Å². The fraction of sp³-hybridized carbons (Fsp3) is 0.353. The Morgan fingerprint density at radius 2 is 1.10 bits per heavy atom. The van der Waals surface area contributed by atoms with Gasteiger partial charge in [0.05, 0.1) is 34.7 Å². The Hall–Kier alpha value is -3.94. The van der Waals surface area contributed by atoms with Gasteiger partial charge in [-0.1, -0.05) is 39.8 Å². The van der Waals surface area contributed by atoms with Crippen LogP contribution in [0.4, 0.5) is 0 Å². The predicted octanol–water partition coefficient (Wildman–Crippen LogP) is 9.93. The van der Waals surface area contributed by atoms with E-state index in [0.29, 0.717) is 0 Å². The molecule has 0 saturated carbocycles. The van der Waals surface area contributed by atoms with Crippen molar-refractivity contribution in [2.45, 2.75) is 77.0 Å². The van der Waals surface area contributed by atoms with E-state index in [1.165, 1.54) is 52.6 Å². The molecule has 0 atom stereocenters. The summed E-state index contributed by atoms with van der Waals surface area (Å²) < 4.78 is 2.77. The van der Waals surface area contributed by atoms with Crippen molar-refractivity contribution in [1.29, 1.82) is 10.5 Å². The lowest BCUT2D eigenvalue weighted by Gasteiger charge is -2.29. The van der Waals surface area contributed by atoms with E-state index in [-0.39, 0.29) is 22.2 Å². The average molecular weight is 557 g/mol. The standard InChI is InChI=1S/C34H28N4S2/c1-33(2)23(19-9-7-11-21(13-19)25(17-35)37-5)15-27-29(33)31-32(39-27)30-28(40-31)16-24(34(30,3)4)20-10-8-12-22(14-20)26(18-36)38-6/h13-16H,7-12H2,1-4H3/b25-21-,26-22+. The third-order valence-electron chi connectivity index (χ3n) is 8.94. The first-order chi connectivity index (χ1) is 19.1. The lowest BCUT2D eigenvalue weighted by molar-refractivity contribution is 0.634. The van der Waals surface area contributed by atoms with Crippen LogP contribution in [0.5, 0.6) is 0 Å². The van der Waals surface area contributed by atoms with Crippen molar-refractivity contribution in [2.75, 3.05) is 0 Å². The van der Waals surface area contributed by atoms with Crippen molar-refractivity contribution in [1.82, 2.24) is 0 Å². The van der Waals surface area contributed by atoms with Gasteiger partial charge < -0.3 is 0 Å². The zero-order valence-electron chi connectivity index (χ0n) is 23.2. The van der Waals surface area contributed by atoms with Crippen molar-refractivity contribution in [2.24, 2.45) is 0 Å². The van der Waals surface area contributed by atoms with Gasteiger partial charge in [-0.05, 0) is 95.2 Å². The van der Waals surface area contributed by atoms with Crippen LogP contribution < -0.4 is 0 Å². The number of nitrogens with zero attached hydrogens (tertiary/aromatic N) is 4. The summed E-state index contributed by atoms with van der Waals surface area (Å²) in [6.07, 6.45) is 14.4. The van der Waals surface area contributed by atoms with Crippen LogP contribution >= 0.6 is 22.7 Å². The van der Waals surface area contributed by atoms with Crippen molar-refractivity contribution in [3.8, 4) is 12.1 Å². The SMILES string of the molecule is [C-]#[N+]/C(C#N)=C1\C=C(C2=Cc3sc4c5c(sc4c3C2(C)C)C=C(C2=C/C(=C(\C#N)[N+]#[C-])CCC2)C5(C)C)CCC1. The van der Waals surface area contributed by atoms with Crippen molar-refractivity contribution < 1.29 is 0 Å². The first-order valence-corrected chi connectivity index (χ1v) is 15.3. The molecule has 0 unspecified atom stereocenters. The summed E-state index contributed by atoms with van der Waals surface area (Å²) in [4.78, 5) is 9.60. The highest BCUT2D eigenvalue weighted by atomic mass is 32.1. The van der Waals surface area contributed by atoms with Crippen molar-refractivity contribution in [3.05, 3.63) is 101 Å². The number of fused-ring (bicyclic) bond motifs is 5. The zero-order valence-corrected chi connectivity index (χ0v) is 24.8. The van der Waals surface area contributed by atoms with Crippen LogP contribution in [0.3, 0.4) is 0 Å². The predicted molar refractivity (Wildman–Crippen MR) is 164 cm³/mol. The van der Waals surface area contributed by atoms with Gasteiger partial charge in [0, 0.05) is 20.6 Å². The fourth-order valence-electron chi connectivity index (χ4n) is 7.02. The van der Waals surface area contributed by atoms with E-state index in [2.05, 4.69) is 73.8 Å². The van der Waals surface area contributed by atoms with Crippen LogP contribution in [-0.2, 0) is 10.8 Å². The molecule has 6 rings (SSSR count). The smallest absolute Gasteiger partial charge is 0.226 e. The maximum Gasteiger partial charge on any atom is 0.265 e. The molecular formula is C34H28N4S2. The summed E-state index contributed by atoms with van der Waals surface area (Å²) in [5, 5.41) is 18.8. The van der Waals surface area contributed by atoms with E-state index in [4.69, 9.17) is 13.1 Å². The number of allylic oxidation sites excluding steroid dienone is 10. The van der Waals surface area contributed by atoms with E-state index in [9.17, 15) is 10.5 Å². The Morgan fingerprint density at radius 1 is 0.700 bits per heavy atom. The Morgan fingerprint density at radius 3 is 1.45 bits per heavy atom. The Labute approximate surface area is 243 Å². The Kier molecular flexibility index (Phi) is 6.13. The summed E-state index contributed by atoms with van der Waals surface area (Å²) in [7, 11) is 0. The van der Waals surface area contributed by atoms with E-state index in [1.54, 1.807) is 0 Å². The molecule has 40 heavy (non-hydrogen) atoms. The van der Waals surface area contributed by atoms with Gasteiger partial charge in [0.1, 0.15) is 0 Å². The average Bonchev–Trinajstić information content (AvgIpc) is 3.61. The molecule has 0 bridgehead atoms. The van der Waals surface area contributed by atoms with E-state index in [0.717, 1.165) is 49.7 Å². The summed E-state index contributed by atoms with van der Waals surface area (Å²) in [5.74, 6) is 0. The summed E-state index contributed by atoms with van der Waals surface area (Å²) in [6, 6.07) is 4.17. The van der Waals surface area contributed by atoms with Gasteiger partial charge in [0.15, 0.2) is 0 Å². The van der Waals surface area contributed by atoms with E-state index < -0.39 is 0 Å². The largest absolute Gasteiger partial charge is 0.265 e. The van der Waals surface area contributed by atoms with Crippen LogP contribution in [0.15, 0.2) is 57.0 Å². The molecule has 0 aromatic carbocycles. The molecule has 0 N–H and O–H groups in total. The molecule has 0 saturated heterocycles. The third kappa shape index (κ3) is 3.72. The highest BCUT2D eigenvalue weighted by Gasteiger charge is 2.43. The molecule has 0 fully saturated rings. The number of thiophene rings is 2. The number of hydrogen-bond donors (Lipinski definition) is 0. The fourth-order valence-corrected chi connectivity index (χ4v) is 10.4. The van der Waals surface area contributed by atoms with Crippen LogP contribution in [-0.4, -0.2) is 0 Å². The second kappa shape index (κ2) is 9.32. The molecule has 0 aliphatic heterocycles. The normalized spacial score (nSPS) is 22.9. The number of rotatable bonds is 2. The van der Waals surface area contributed by atoms with Gasteiger partial charge in [-0.15, -0.1) is 22.7 Å². The molecule has 0 amide bonds. The molecule has 196 valence electrons. The van der Waals surface area contributed by atoms with Gasteiger partial charge in [-0.2, -0.15) is 0 Å². The second-order valence-electron chi connectivity index (χ2n) is 11.9. The Bertz CT molecular complexity index is 1710. The molecule has 2 heterocycles. The minimum Gasteiger partial charge on any atom is -0.226 e. The highest BCUT2D eigenvalue weighted by Crippen LogP contribution is 2.60. The maximum atomic E-state index is 9.42. The molecule has 4 aliphatic rings. The second-order valence-corrected chi connectivity index (χ2v) is 14.1. The lowest BCUT2D eigenvalue weighted by atomic mass is 9.74. The molecule has 0 spiro atoms. The molecule has 4 aliphatic carbocycles.